The molecule has 0 unspecified atom stereocenters. The van der Waals surface area contributed by atoms with Crippen molar-refractivity contribution in [2.75, 3.05) is 5.32 Å². The van der Waals surface area contributed by atoms with Crippen LogP contribution < -0.4 is 10.6 Å². The number of benzene rings is 3. The van der Waals surface area contributed by atoms with Gasteiger partial charge in [-0.25, -0.2) is 4.98 Å². The molecular formula is C31H30N4O2. The minimum atomic E-state index is -0.155. The van der Waals surface area contributed by atoms with Crippen LogP contribution in [0.2, 0.25) is 0 Å². The average Bonchev–Trinajstić information content (AvgIpc) is 3.34. The summed E-state index contributed by atoms with van der Waals surface area (Å²) in [6, 6.07) is 22.8. The van der Waals surface area contributed by atoms with Crippen molar-refractivity contribution in [1.29, 1.82) is 0 Å². The average molecular weight is 491 g/mol. The first kappa shape index (κ1) is 22.3. The minimum Gasteiger partial charge on any atom is -0.349 e. The van der Waals surface area contributed by atoms with Gasteiger partial charge in [0.25, 0.3) is 11.8 Å². The van der Waals surface area contributed by atoms with Crippen LogP contribution in [0, 0.1) is 23.7 Å². The molecule has 3 aromatic carbocycles. The SMILES string of the molecule is O=C(Nc1ccccc1)c1ccc(-c2nc3cc(C(=O)NC4C5CC6CC(C5)CC4C6)ccc3[nH]2)cc1. The molecule has 186 valence electrons. The second-order valence-electron chi connectivity index (χ2n) is 11.1. The molecule has 6 nitrogen and oxygen atoms in total. The zero-order valence-corrected chi connectivity index (χ0v) is 20.6. The lowest BCUT2D eigenvalue weighted by molar-refractivity contribution is -0.0119. The molecule has 1 heterocycles. The van der Waals surface area contributed by atoms with E-state index in [0.29, 0.717) is 34.8 Å². The molecule has 4 saturated carbocycles. The Kier molecular flexibility index (Phi) is 5.34. The molecule has 0 saturated heterocycles. The van der Waals surface area contributed by atoms with E-state index in [2.05, 4.69) is 15.6 Å². The summed E-state index contributed by atoms with van der Waals surface area (Å²) in [5, 5.41) is 6.30. The summed E-state index contributed by atoms with van der Waals surface area (Å²) in [6.45, 7) is 0. The van der Waals surface area contributed by atoms with Crippen molar-refractivity contribution in [2.24, 2.45) is 23.7 Å². The molecule has 0 aliphatic heterocycles. The molecule has 8 rings (SSSR count). The maximum atomic E-state index is 13.2. The van der Waals surface area contributed by atoms with Gasteiger partial charge in [-0.2, -0.15) is 0 Å². The van der Waals surface area contributed by atoms with Crippen molar-refractivity contribution in [3.05, 3.63) is 83.9 Å². The number of hydrogen-bond acceptors (Lipinski definition) is 3. The van der Waals surface area contributed by atoms with Crippen molar-refractivity contribution < 1.29 is 9.59 Å². The van der Waals surface area contributed by atoms with Crippen molar-refractivity contribution in [3.8, 4) is 11.4 Å². The first-order valence-electron chi connectivity index (χ1n) is 13.4. The second-order valence-corrected chi connectivity index (χ2v) is 11.1. The van der Waals surface area contributed by atoms with E-state index in [1.54, 1.807) is 12.1 Å². The van der Waals surface area contributed by atoms with Crippen LogP contribution in [0.3, 0.4) is 0 Å². The van der Waals surface area contributed by atoms with Gasteiger partial charge in [-0.3, -0.25) is 9.59 Å². The van der Waals surface area contributed by atoms with Crippen molar-refractivity contribution in [1.82, 2.24) is 15.3 Å². The third kappa shape index (κ3) is 4.20. The fraction of sp³-hybridized carbons (Fsp3) is 0.323. The van der Waals surface area contributed by atoms with Crippen LogP contribution in [0.15, 0.2) is 72.8 Å². The number of aromatic nitrogens is 2. The Balaban J connectivity index is 1.06. The predicted octanol–water partition coefficient (Wildman–Crippen LogP) is 6.04. The van der Waals surface area contributed by atoms with Gasteiger partial charge < -0.3 is 15.6 Å². The van der Waals surface area contributed by atoms with Crippen LogP contribution in [-0.4, -0.2) is 27.8 Å². The summed E-state index contributed by atoms with van der Waals surface area (Å²) in [5.41, 5.74) is 4.52. The number of nitrogens with zero attached hydrogens (tertiary/aromatic N) is 1. The molecular weight excluding hydrogens is 460 g/mol. The summed E-state index contributed by atoms with van der Waals surface area (Å²) < 4.78 is 0. The van der Waals surface area contributed by atoms with Gasteiger partial charge in [0.05, 0.1) is 11.0 Å². The number of para-hydroxylation sites is 1. The Hall–Kier alpha value is -3.93. The highest BCUT2D eigenvalue weighted by Gasteiger charge is 2.48. The zero-order chi connectivity index (χ0) is 24.9. The van der Waals surface area contributed by atoms with Gasteiger partial charge in [0.1, 0.15) is 5.82 Å². The summed E-state index contributed by atoms with van der Waals surface area (Å²) in [7, 11) is 0. The highest BCUT2D eigenvalue weighted by molar-refractivity contribution is 6.04. The van der Waals surface area contributed by atoms with Crippen LogP contribution in [0.4, 0.5) is 5.69 Å². The Bertz CT molecular complexity index is 1450. The maximum absolute atomic E-state index is 13.2. The van der Waals surface area contributed by atoms with Crippen LogP contribution >= 0.6 is 0 Å². The molecule has 4 aromatic rings. The van der Waals surface area contributed by atoms with Crippen molar-refractivity contribution >= 4 is 28.5 Å². The van der Waals surface area contributed by atoms with Gasteiger partial charge in [-0.05, 0) is 98.2 Å². The fourth-order valence-corrected chi connectivity index (χ4v) is 7.18. The monoisotopic (exact) mass is 490 g/mol. The molecule has 0 radical (unpaired) electrons. The normalized spacial score (nSPS) is 25.8. The second kappa shape index (κ2) is 8.87. The Labute approximate surface area is 215 Å². The van der Waals surface area contributed by atoms with E-state index in [1.807, 2.05) is 60.7 Å². The number of carbonyl (C=O) groups excluding carboxylic acids is 2. The summed E-state index contributed by atoms with van der Waals surface area (Å²) in [5.74, 6) is 3.65. The van der Waals surface area contributed by atoms with Crippen LogP contribution in [0.25, 0.3) is 22.4 Å². The van der Waals surface area contributed by atoms with Crippen molar-refractivity contribution in [3.63, 3.8) is 0 Å². The number of fused-ring (bicyclic) bond motifs is 1. The smallest absolute Gasteiger partial charge is 0.255 e. The zero-order valence-electron chi connectivity index (χ0n) is 20.6. The quantitative estimate of drug-likeness (QED) is 0.319. The molecule has 3 N–H and O–H groups in total. The molecule has 37 heavy (non-hydrogen) atoms. The Morgan fingerprint density at radius 2 is 1.43 bits per heavy atom. The van der Waals surface area contributed by atoms with E-state index < -0.39 is 0 Å². The topological polar surface area (TPSA) is 86.9 Å². The van der Waals surface area contributed by atoms with E-state index in [0.717, 1.165) is 34.1 Å². The van der Waals surface area contributed by atoms with Gasteiger partial charge in [0, 0.05) is 28.4 Å². The van der Waals surface area contributed by atoms with E-state index in [-0.39, 0.29) is 11.8 Å². The minimum absolute atomic E-state index is 0.0118. The molecule has 0 spiro atoms. The maximum Gasteiger partial charge on any atom is 0.255 e. The fourth-order valence-electron chi connectivity index (χ4n) is 7.18. The third-order valence-electron chi connectivity index (χ3n) is 8.72. The molecule has 4 bridgehead atoms. The summed E-state index contributed by atoms with van der Waals surface area (Å²) >= 11 is 0. The third-order valence-corrected chi connectivity index (χ3v) is 8.72. The number of rotatable bonds is 5. The molecule has 0 atom stereocenters. The Morgan fingerprint density at radius 1 is 0.757 bits per heavy atom. The van der Waals surface area contributed by atoms with E-state index >= 15 is 0 Å². The van der Waals surface area contributed by atoms with E-state index in [4.69, 9.17) is 4.98 Å². The molecule has 6 heteroatoms. The van der Waals surface area contributed by atoms with Crippen molar-refractivity contribution in [2.45, 2.75) is 38.1 Å². The van der Waals surface area contributed by atoms with Gasteiger partial charge in [-0.15, -0.1) is 0 Å². The van der Waals surface area contributed by atoms with Gasteiger partial charge in [0.2, 0.25) is 0 Å². The predicted molar refractivity (Wildman–Crippen MR) is 144 cm³/mol. The largest absolute Gasteiger partial charge is 0.349 e. The number of H-pyrrole nitrogens is 1. The van der Waals surface area contributed by atoms with Gasteiger partial charge >= 0.3 is 0 Å². The molecule has 4 aliphatic rings. The molecule has 2 amide bonds. The van der Waals surface area contributed by atoms with E-state index in [1.165, 1.54) is 32.1 Å². The number of carbonyl (C=O) groups is 2. The van der Waals surface area contributed by atoms with E-state index in [9.17, 15) is 9.59 Å². The number of nitrogens with one attached hydrogen (secondary N) is 3. The molecule has 1 aromatic heterocycles. The lowest BCUT2D eigenvalue weighted by atomic mass is 9.54. The van der Waals surface area contributed by atoms with Gasteiger partial charge in [-0.1, -0.05) is 30.3 Å². The highest BCUT2D eigenvalue weighted by atomic mass is 16.2. The number of imidazole rings is 1. The number of aromatic amines is 1. The van der Waals surface area contributed by atoms with Gasteiger partial charge in [0.15, 0.2) is 0 Å². The van der Waals surface area contributed by atoms with Crippen LogP contribution in [0.1, 0.15) is 52.8 Å². The lowest BCUT2D eigenvalue weighted by Gasteiger charge is -2.54. The first-order valence-corrected chi connectivity index (χ1v) is 13.4. The van der Waals surface area contributed by atoms with Crippen LogP contribution in [-0.2, 0) is 0 Å². The first-order chi connectivity index (χ1) is 18.1. The number of hydrogen-bond donors (Lipinski definition) is 3. The standard InChI is InChI=1S/C31H30N4O2/c36-30(32-25-4-2-1-3-5-25)21-8-6-20(7-9-21)29-33-26-11-10-22(17-27(26)34-29)31(37)35-28-23-13-18-12-19(15-23)16-24(28)14-18/h1-11,17-19,23-24,28H,12-16H2,(H,32,36)(H,33,34)(H,35,37). The summed E-state index contributed by atoms with van der Waals surface area (Å²) in [4.78, 5) is 33.9. The lowest BCUT2D eigenvalue weighted by Crippen LogP contribution is -2.55. The summed E-state index contributed by atoms with van der Waals surface area (Å²) in [6.07, 6.45) is 6.55. The molecule has 4 fully saturated rings. The van der Waals surface area contributed by atoms with Crippen LogP contribution in [0.5, 0.6) is 0 Å². The number of amides is 2. The highest BCUT2D eigenvalue weighted by Crippen LogP contribution is 2.53. The Morgan fingerprint density at radius 3 is 2.14 bits per heavy atom. The molecule has 4 aliphatic carbocycles. The number of anilines is 1.